The van der Waals surface area contributed by atoms with Crippen molar-refractivity contribution >= 4 is 27.1 Å². The number of imidazole rings is 1. The first kappa shape index (κ1) is 13.6. The number of aromatic amines is 1. The lowest BCUT2D eigenvalue weighted by Crippen LogP contribution is -2.33. The lowest BCUT2D eigenvalue weighted by molar-refractivity contribution is -0.0521. The van der Waals surface area contributed by atoms with Crippen LogP contribution in [0, 0.1) is 0 Å². The molecule has 0 saturated carbocycles. The summed E-state index contributed by atoms with van der Waals surface area (Å²) in [7, 11) is 0. The van der Waals surface area contributed by atoms with E-state index < -0.39 is 36.7 Å². The normalized spacial score (nSPS) is 30.2. The lowest BCUT2D eigenvalue weighted by Gasteiger charge is -2.17. The Kier molecular flexibility index (Phi) is 3.34. The predicted octanol–water partition coefficient (Wildman–Crippen LogP) is -1.51. The highest BCUT2D eigenvalue weighted by atomic mass is 79.9. The van der Waals surface area contributed by atoms with Crippen molar-refractivity contribution in [1.82, 2.24) is 19.5 Å². The molecule has 0 spiro atoms. The topological polar surface area (TPSA) is 133 Å². The van der Waals surface area contributed by atoms with Gasteiger partial charge in [-0.1, -0.05) is 0 Å². The molecule has 0 amide bonds. The maximum atomic E-state index is 11.6. The van der Waals surface area contributed by atoms with Crippen molar-refractivity contribution in [2.75, 3.05) is 6.61 Å². The van der Waals surface area contributed by atoms with Crippen LogP contribution in [0.5, 0.6) is 0 Å². The maximum Gasteiger partial charge on any atom is 0.278 e. The molecule has 2 aromatic rings. The summed E-state index contributed by atoms with van der Waals surface area (Å²) in [4.78, 5) is 22.0. The number of hydrogen-bond donors (Lipinski definition) is 4. The average molecular weight is 347 g/mol. The Morgan fingerprint density at radius 2 is 2.20 bits per heavy atom. The van der Waals surface area contributed by atoms with Gasteiger partial charge in [-0.3, -0.25) is 9.36 Å². The maximum absolute atomic E-state index is 11.6. The molecule has 4 atom stereocenters. The minimum absolute atomic E-state index is 0.0807. The van der Waals surface area contributed by atoms with Gasteiger partial charge in [-0.15, -0.1) is 0 Å². The molecule has 20 heavy (non-hydrogen) atoms. The standard InChI is InChI=1S/C10H11BrN4O5/c11-10-14-4-7(12-2-13-8(4)19)15(10)9-6(18)5(17)3(1-16)20-9/h2-3,5-6,9,16-18H,1H2,(H,12,13,19)/t3-,5-,6-,9?/m1/s1. The molecule has 1 unspecified atom stereocenters. The van der Waals surface area contributed by atoms with E-state index >= 15 is 0 Å². The number of nitrogens with one attached hydrogen (secondary N) is 1. The van der Waals surface area contributed by atoms with Crippen LogP contribution in [0.4, 0.5) is 0 Å². The Hall–Kier alpha value is -1.33. The number of fused-ring (bicyclic) bond motifs is 1. The number of H-pyrrole nitrogens is 1. The molecule has 0 bridgehead atoms. The Morgan fingerprint density at radius 3 is 2.85 bits per heavy atom. The van der Waals surface area contributed by atoms with Crippen LogP contribution in [0.2, 0.25) is 0 Å². The van der Waals surface area contributed by atoms with Crippen molar-refractivity contribution in [1.29, 1.82) is 0 Å². The van der Waals surface area contributed by atoms with Gasteiger partial charge in [0, 0.05) is 0 Å². The zero-order valence-corrected chi connectivity index (χ0v) is 11.6. The highest BCUT2D eigenvalue weighted by Crippen LogP contribution is 2.33. The van der Waals surface area contributed by atoms with Crippen LogP contribution in [0.25, 0.3) is 11.2 Å². The second-order valence-electron chi connectivity index (χ2n) is 4.38. The van der Waals surface area contributed by atoms with Gasteiger partial charge in [-0.05, 0) is 15.9 Å². The summed E-state index contributed by atoms with van der Waals surface area (Å²) in [6.07, 6.45) is -3.23. The molecule has 1 aliphatic heterocycles. The van der Waals surface area contributed by atoms with Gasteiger partial charge in [0.1, 0.15) is 18.3 Å². The van der Waals surface area contributed by atoms with E-state index in [2.05, 4.69) is 30.9 Å². The number of aliphatic hydroxyl groups is 3. The van der Waals surface area contributed by atoms with Crippen molar-refractivity contribution in [3.05, 3.63) is 21.4 Å². The molecule has 1 fully saturated rings. The summed E-state index contributed by atoms with van der Waals surface area (Å²) in [6.45, 7) is -0.438. The number of aliphatic hydroxyl groups excluding tert-OH is 3. The Labute approximate surface area is 120 Å². The minimum atomic E-state index is -1.28. The lowest BCUT2D eigenvalue weighted by atomic mass is 10.1. The van der Waals surface area contributed by atoms with Crippen LogP contribution in [0.1, 0.15) is 6.23 Å². The molecule has 3 rings (SSSR count). The van der Waals surface area contributed by atoms with E-state index in [9.17, 15) is 15.0 Å². The van der Waals surface area contributed by atoms with Gasteiger partial charge >= 0.3 is 0 Å². The van der Waals surface area contributed by atoms with E-state index in [0.29, 0.717) is 0 Å². The zero-order valence-electron chi connectivity index (χ0n) is 9.97. The Morgan fingerprint density at radius 1 is 1.45 bits per heavy atom. The van der Waals surface area contributed by atoms with E-state index in [1.807, 2.05) is 0 Å². The second-order valence-corrected chi connectivity index (χ2v) is 5.09. The van der Waals surface area contributed by atoms with Crippen molar-refractivity contribution < 1.29 is 20.1 Å². The molecule has 9 nitrogen and oxygen atoms in total. The number of aromatic nitrogens is 4. The molecular weight excluding hydrogens is 336 g/mol. The summed E-state index contributed by atoms with van der Waals surface area (Å²) in [5, 5.41) is 28.9. The fraction of sp³-hybridized carbons (Fsp3) is 0.500. The fourth-order valence-electron chi connectivity index (χ4n) is 2.21. The van der Waals surface area contributed by atoms with Crippen molar-refractivity contribution in [2.24, 2.45) is 0 Å². The Bertz CT molecular complexity index is 701. The summed E-state index contributed by atoms with van der Waals surface area (Å²) in [5.41, 5.74) is -0.145. The number of hydrogen-bond acceptors (Lipinski definition) is 7. The highest BCUT2D eigenvalue weighted by Gasteiger charge is 2.44. The third-order valence-electron chi connectivity index (χ3n) is 3.21. The van der Waals surface area contributed by atoms with Crippen molar-refractivity contribution in [2.45, 2.75) is 24.5 Å². The van der Waals surface area contributed by atoms with Gasteiger partial charge in [-0.2, -0.15) is 0 Å². The third kappa shape index (κ3) is 1.88. The average Bonchev–Trinajstić information content (AvgIpc) is 2.90. The SMILES string of the molecule is O=c1[nH]cnc2c1nc(Br)n2C1O[C@H](CO)[C@@H](O)[C@H]1O. The first-order valence-electron chi connectivity index (χ1n) is 5.78. The Balaban J connectivity index is 2.14. The number of ether oxygens (including phenoxy) is 1. The van der Waals surface area contributed by atoms with Gasteiger partial charge in [0.15, 0.2) is 22.1 Å². The molecule has 108 valence electrons. The molecule has 1 saturated heterocycles. The summed E-state index contributed by atoms with van der Waals surface area (Å²) in [6, 6.07) is 0. The predicted molar refractivity (Wildman–Crippen MR) is 68.9 cm³/mol. The zero-order chi connectivity index (χ0) is 14.4. The summed E-state index contributed by atoms with van der Waals surface area (Å²) in [5.74, 6) is 0. The first-order valence-corrected chi connectivity index (χ1v) is 6.57. The highest BCUT2D eigenvalue weighted by molar-refractivity contribution is 9.10. The van der Waals surface area contributed by atoms with Gasteiger partial charge in [-0.25, -0.2) is 9.97 Å². The van der Waals surface area contributed by atoms with Crippen LogP contribution in [-0.2, 0) is 4.74 Å². The van der Waals surface area contributed by atoms with Crippen LogP contribution < -0.4 is 5.56 Å². The van der Waals surface area contributed by atoms with Crippen LogP contribution >= 0.6 is 15.9 Å². The van der Waals surface area contributed by atoms with Crippen molar-refractivity contribution in [3.63, 3.8) is 0 Å². The molecule has 3 heterocycles. The molecular formula is C10H11BrN4O5. The third-order valence-corrected chi connectivity index (χ3v) is 3.77. The molecule has 0 aromatic carbocycles. The van der Waals surface area contributed by atoms with Crippen LogP contribution in [0.15, 0.2) is 15.9 Å². The molecule has 1 aliphatic rings. The molecule has 2 aromatic heterocycles. The number of halogens is 1. The van der Waals surface area contributed by atoms with Crippen LogP contribution in [0.3, 0.4) is 0 Å². The van der Waals surface area contributed by atoms with E-state index in [4.69, 9.17) is 9.84 Å². The second kappa shape index (κ2) is 4.90. The molecule has 4 N–H and O–H groups in total. The van der Waals surface area contributed by atoms with E-state index in [1.165, 1.54) is 10.9 Å². The van der Waals surface area contributed by atoms with E-state index in [0.717, 1.165) is 0 Å². The van der Waals surface area contributed by atoms with Crippen molar-refractivity contribution in [3.8, 4) is 0 Å². The molecule has 0 aliphatic carbocycles. The molecule has 0 radical (unpaired) electrons. The fourth-order valence-corrected chi connectivity index (χ4v) is 2.76. The minimum Gasteiger partial charge on any atom is -0.394 e. The van der Waals surface area contributed by atoms with E-state index in [1.54, 1.807) is 0 Å². The molecule has 10 heteroatoms. The number of rotatable bonds is 2. The van der Waals surface area contributed by atoms with Gasteiger partial charge in [0.2, 0.25) is 0 Å². The quantitative estimate of drug-likeness (QED) is 0.486. The van der Waals surface area contributed by atoms with Gasteiger partial charge in [0.25, 0.3) is 5.56 Å². The summed E-state index contributed by atoms with van der Waals surface area (Å²) < 4.78 is 6.98. The van der Waals surface area contributed by atoms with Crippen LogP contribution in [-0.4, -0.2) is 59.8 Å². The van der Waals surface area contributed by atoms with Gasteiger partial charge in [0.05, 0.1) is 12.9 Å². The number of nitrogens with zero attached hydrogens (tertiary/aromatic N) is 3. The first-order chi connectivity index (χ1) is 9.54. The smallest absolute Gasteiger partial charge is 0.278 e. The largest absolute Gasteiger partial charge is 0.394 e. The summed E-state index contributed by atoms with van der Waals surface area (Å²) >= 11 is 3.17. The monoisotopic (exact) mass is 346 g/mol. The van der Waals surface area contributed by atoms with E-state index in [-0.39, 0.29) is 15.9 Å². The van der Waals surface area contributed by atoms with Gasteiger partial charge < -0.3 is 25.0 Å².